The summed E-state index contributed by atoms with van der Waals surface area (Å²) in [5, 5.41) is 4.10. The predicted octanol–water partition coefficient (Wildman–Crippen LogP) is 4.21. The van der Waals surface area contributed by atoms with Gasteiger partial charge in [-0.05, 0) is 49.6 Å². The number of para-hydroxylation sites is 1. The lowest BCUT2D eigenvalue weighted by atomic mass is 10.1. The van der Waals surface area contributed by atoms with Gasteiger partial charge in [-0.25, -0.2) is 10.2 Å². The molecule has 2 amide bonds. The van der Waals surface area contributed by atoms with E-state index in [1.807, 2.05) is 39.0 Å². The first kappa shape index (κ1) is 22.4. The van der Waals surface area contributed by atoms with Gasteiger partial charge >= 0.3 is 6.03 Å². The summed E-state index contributed by atoms with van der Waals surface area (Å²) in [7, 11) is 0. The van der Waals surface area contributed by atoms with Crippen LogP contribution in [0.3, 0.4) is 0 Å². The van der Waals surface area contributed by atoms with E-state index >= 15 is 0 Å². The summed E-state index contributed by atoms with van der Waals surface area (Å²) in [6.07, 6.45) is 2.10. The van der Waals surface area contributed by atoms with Crippen molar-refractivity contribution < 1.29 is 19.0 Å². The van der Waals surface area contributed by atoms with Gasteiger partial charge < -0.3 is 19.9 Å². The van der Waals surface area contributed by atoms with Gasteiger partial charge in [-0.3, -0.25) is 0 Å². The normalized spacial score (nSPS) is 10.8. The quantitative estimate of drug-likeness (QED) is 0.342. The summed E-state index contributed by atoms with van der Waals surface area (Å²) in [5.41, 5.74) is 9.96. The minimum Gasteiger partial charge on any atom is -0.493 e. The minimum absolute atomic E-state index is 0.382. The summed E-state index contributed by atoms with van der Waals surface area (Å²) >= 11 is 6.35. The number of primary amides is 1. The van der Waals surface area contributed by atoms with E-state index in [2.05, 4.69) is 10.5 Å². The van der Waals surface area contributed by atoms with Crippen LogP contribution in [-0.2, 0) is 0 Å². The summed E-state index contributed by atoms with van der Waals surface area (Å²) in [6.45, 7) is 7.31. The van der Waals surface area contributed by atoms with Crippen molar-refractivity contribution in [1.29, 1.82) is 0 Å². The molecule has 0 unspecified atom stereocenters. The number of carbonyl (C=O) groups excluding carboxylic acids is 1. The van der Waals surface area contributed by atoms with Crippen LogP contribution in [-0.4, -0.2) is 32.1 Å². The number of rotatable bonds is 10. The topological polar surface area (TPSA) is 95.2 Å². The average molecular weight is 420 g/mol. The highest BCUT2D eigenvalue weighted by Crippen LogP contribution is 2.36. The summed E-state index contributed by atoms with van der Waals surface area (Å²) < 4.78 is 17.4. The average Bonchev–Trinajstić information content (AvgIpc) is 2.65. The number of urea groups is 1. The van der Waals surface area contributed by atoms with E-state index in [0.29, 0.717) is 48.3 Å². The van der Waals surface area contributed by atoms with Crippen LogP contribution in [0.1, 0.15) is 30.0 Å². The number of carbonyl (C=O) groups is 1. The van der Waals surface area contributed by atoms with Gasteiger partial charge in [0.25, 0.3) is 0 Å². The Hall–Kier alpha value is -2.93. The van der Waals surface area contributed by atoms with Gasteiger partial charge in [-0.1, -0.05) is 29.8 Å². The molecule has 29 heavy (non-hydrogen) atoms. The summed E-state index contributed by atoms with van der Waals surface area (Å²) in [5.74, 6) is 1.87. The Bertz CT molecular complexity index is 851. The zero-order valence-electron chi connectivity index (χ0n) is 16.8. The molecule has 0 saturated carbocycles. The molecule has 0 bridgehead atoms. The highest BCUT2D eigenvalue weighted by atomic mass is 35.5. The number of nitrogens with one attached hydrogen (secondary N) is 1. The number of amides is 2. The second-order valence-corrected chi connectivity index (χ2v) is 6.68. The van der Waals surface area contributed by atoms with E-state index in [0.717, 1.165) is 16.9 Å². The van der Waals surface area contributed by atoms with Gasteiger partial charge in [-0.2, -0.15) is 5.10 Å². The number of aryl methyl sites for hydroxylation is 2. The fraction of sp³-hybridized carbons (Fsp3) is 0.333. The third kappa shape index (κ3) is 6.87. The highest BCUT2D eigenvalue weighted by Gasteiger charge is 2.12. The van der Waals surface area contributed by atoms with Crippen molar-refractivity contribution in [2.75, 3.05) is 19.8 Å². The van der Waals surface area contributed by atoms with Crippen LogP contribution in [0.25, 0.3) is 0 Å². The second kappa shape index (κ2) is 11.2. The van der Waals surface area contributed by atoms with Crippen molar-refractivity contribution in [2.24, 2.45) is 10.8 Å². The van der Waals surface area contributed by atoms with Crippen molar-refractivity contribution in [2.45, 2.75) is 27.2 Å². The fourth-order valence-electron chi connectivity index (χ4n) is 2.67. The number of ether oxygens (including phenoxy) is 3. The third-order valence-corrected chi connectivity index (χ3v) is 4.19. The summed E-state index contributed by atoms with van der Waals surface area (Å²) in [6, 6.07) is 8.70. The second-order valence-electron chi connectivity index (χ2n) is 6.27. The zero-order valence-corrected chi connectivity index (χ0v) is 17.6. The Kier molecular flexibility index (Phi) is 8.61. The number of benzene rings is 2. The van der Waals surface area contributed by atoms with Crippen LogP contribution < -0.4 is 25.4 Å². The Labute approximate surface area is 175 Å². The Morgan fingerprint density at radius 3 is 2.41 bits per heavy atom. The molecule has 0 atom stereocenters. The number of hydrogen-bond donors (Lipinski definition) is 2. The Balaban J connectivity index is 1.96. The van der Waals surface area contributed by atoms with E-state index < -0.39 is 6.03 Å². The molecule has 0 aliphatic rings. The molecule has 3 N–H and O–H groups in total. The third-order valence-electron chi connectivity index (χ3n) is 3.91. The first-order valence-corrected chi connectivity index (χ1v) is 9.66. The van der Waals surface area contributed by atoms with E-state index in [1.165, 1.54) is 6.21 Å². The Morgan fingerprint density at radius 1 is 1.14 bits per heavy atom. The minimum atomic E-state index is -0.750. The van der Waals surface area contributed by atoms with Crippen molar-refractivity contribution in [3.8, 4) is 17.2 Å². The lowest BCUT2D eigenvalue weighted by Gasteiger charge is -2.15. The van der Waals surface area contributed by atoms with Gasteiger partial charge in [0.2, 0.25) is 0 Å². The number of hydrazone groups is 1. The molecule has 8 heteroatoms. The van der Waals surface area contributed by atoms with E-state index in [9.17, 15) is 4.79 Å². The molecule has 0 spiro atoms. The monoisotopic (exact) mass is 419 g/mol. The van der Waals surface area contributed by atoms with E-state index in [-0.39, 0.29) is 0 Å². The van der Waals surface area contributed by atoms with Gasteiger partial charge in [-0.15, -0.1) is 0 Å². The van der Waals surface area contributed by atoms with Gasteiger partial charge in [0.1, 0.15) is 5.75 Å². The molecule has 7 nitrogen and oxygen atoms in total. The van der Waals surface area contributed by atoms with Crippen molar-refractivity contribution in [1.82, 2.24) is 5.43 Å². The van der Waals surface area contributed by atoms with E-state index in [4.69, 9.17) is 31.5 Å². The first-order chi connectivity index (χ1) is 13.9. The van der Waals surface area contributed by atoms with Gasteiger partial charge in [0.15, 0.2) is 11.5 Å². The molecule has 2 aromatic carbocycles. The maximum atomic E-state index is 10.7. The molecule has 0 heterocycles. The van der Waals surface area contributed by atoms with E-state index in [1.54, 1.807) is 12.1 Å². The van der Waals surface area contributed by atoms with Crippen LogP contribution in [0.2, 0.25) is 5.02 Å². The molecule has 0 aliphatic heterocycles. The molecular weight excluding hydrogens is 394 g/mol. The number of hydrogen-bond acceptors (Lipinski definition) is 5. The largest absolute Gasteiger partial charge is 0.493 e. The first-order valence-electron chi connectivity index (χ1n) is 9.29. The zero-order chi connectivity index (χ0) is 21.2. The molecule has 2 aromatic rings. The number of halogens is 1. The molecule has 2 rings (SSSR count). The standard InChI is InChI=1S/C21H26ClN3O4/c1-4-27-18-12-16(13-24-25-21(23)26)11-17(22)20(18)29-10-6-9-28-19-14(2)7-5-8-15(19)3/h5,7-8,11-13H,4,6,9-10H2,1-3H3,(H3,23,25,26)/b24-13-. The number of nitrogens with zero attached hydrogens (tertiary/aromatic N) is 1. The van der Waals surface area contributed by atoms with Crippen molar-refractivity contribution in [3.05, 3.63) is 52.0 Å². The van der Waals surface area contributed by atoms with Crippen molar-refractivity contribution in [3.63, 3.8) is 0 Å². The highest BCUT2D eigenvalue weighted by molar-refractivity contribution is 6.32. The molecule has 156 valence electrons. The van der Waals surface area contributed by atoms with Crippen LogP contribution in [0.4, 0.5) is 4.79 Å². The van der Waals surface area contributed by atoms with Crippen LogP contribution in [0.15, 0.2) is 35.4 Å². The van der Waals surface area contributed by atoms with Crippen LogP contribution >= 0.6 is 11.6 Å². The molecule has 0 radical (unpaired) electrons. The SMILES string of the molecule is CCOc1cc(/C=N\NC(N)=O)cc(Cl)c1OCCCOc1c(C)cccc1C. The lowest BCUT2D eigenvalue weighted by Crippen LogP contribution is -2.24. The van der Waals surface area contributed by atoms with Crippen molar-refractivity contribution >= 4 is 23.8 Å². The summed E-state index contributed by atoms with van der Waals surface area (Å²) in [4.78, 5) is 10.7. The molecule has 0 aromatic heterocycles. The molecular formula is C21H26ClN3O4. The number of nitrogens with two attached hydrogens (primary N) is 1. The van der Waals surface area contributed by atoms with Crippen LogP contribution in [0.5, 0.6) is 17.2 Å². The molecule has 0 aliphatic carbocycles. The smallest absolute Gasteiger partial charge is 0.332 e. The maximum Gasteiger partial charge on any atom is 0.332 e. The van der Waals surface area contributed by atoms with Gasteiger partial charge in [0, 0.05) is 6.42 Å². The maximum absolute atomic E-state index is 10.7. The fourth-order valence-corrected chi connectivity index (χ4v) is 2.94. The molecule has 0 saturated heterocycles. The Morgan fingerprint density at radius 2 is 1.79 bits per heavy atom. The van der Waals surface area contributed by atoms with Crippen LogP contribution in [0, 0.1) is 13.8 Å². The van der Waals surface area contributed by atoms with Gasteiger partial charge in [0.05, 0.1) is 31.1 Å². The predicted molar refractivity (Wildman–Crippen MR) is 114 cm³/mol. The molecule has 0 fully saturated rings. The lowest BCUT2D eigenvalue weighted by molar-refractivity contribution is 0.235.